The first-order chi connectivity index (χ1) is 9.81. The zero-order valence-corrected chi connectivity index (χ0v) is 13.1. The minimum absolute atomic E-state index is 0.0114. The topological polar surface area (TPSA) is 95.5 Å². The summed E-state index contributed by atoms with van der Waals surface area (Å²) < 4.78 is 0.675. The molecule has 0 spiro atoms. The maximum Gasteiger partial charge on any atom is 0.331 e. The van der Waals surface area contributed by atoms with Crippen LogP contribution in [0, 0.1) is 0 Å². The largest absolute Gasteiger partial charge is 0.478 e. The monoisotopic (exact) mass is 330 g/mol. The number of imide groups is 1. The van der Waals surface area contributed by atoms with Crippen molar-refractivity contribution in [3.05, 3.63) is 32.5 Å². The number of carboxylic acids is 1. The molecule has 21 heavy (non-hydrogen) atoms. The van der Waals surface area contributed by atoms with Gasteiger partial charge in [0.1, 0.15) is 0 Å². The Balaban J connectivity index is 2.41. The molecule has 0 radical (unpaired) electrons. The summed E-state index contributed by atoms with van der Waals surface area (Å²) in [6, 6.07) is 2.97. The highest BCUT2D eigenvalue weighted by Gasteiger charge is 2.14. The van der Waals surface area contributed by atoms with Crippen LogP contribution in [-0.4, -0.2) is 29.6 Å². The lowest BCUT2D eigenvalue weighted by Gasteiger charge is -2.07. The predicted octanol–water partition coefficient (Wildman–Crippen LogP) is 2.19. The number of hydrogen-bond acceptors (Lipinski definition) is 4. The average Bonchev–Trinajstić information content (AvgIpc) is 2.82. The predicted molar refractivity (Wildman–Crippen MR) is 80.6 cm³/mol. The second-order valence-corrected chi connectivity index (χ2v) is 6.02. The van der Waals surface area contributed by atoms with E-state index < -0.39 is 17.9 Å². The molecule has 0 fully saturated rings. The maximum atomic E-state index is 11.6. The normalized spacial score (nSPS) is 11.6. The van der Waals surface area contributed by atoms with Crippen LogP contribution in [0.1, 0.15) is 18.7 Å². The van der Waals surface area contributed by atoms with Crippen LogP contribution < -0.4 is 10.6 Å². The van der Waals surface area contributed by atoms with Crippen LogP contribution in [0.2, 0.25) is 4.34 Å². The third kappa shape index (κ3) is 5.57. The number of carboxylic acid groups (broad SMARTS) is 1. The van der Waals surface area contributed by atoms with Crippen LogP contribution in [0.3, 0.4) is 0 Å². The molecule has 3 N–H and O–H groups in total. The molecular weight excluding hydrogens is 316 g/mol. The van der Waals surface area contributed by atoms with Crippen molar-refractivity contribution < 1.29 is 19.5 Å². The van der Waals surface area contributed by atoms with Crippen molar-refractivity contribution in [1.29, 1.82) is 0 Å². The molecule has 6 nitrogen and oxygen atoms in total. The fourth-order valence-electron chi connectivity index (χ4n) is 1.36. The zero-order valence-electron chi connectivity index (χ0n) is 11.5. The van der Waals surface area contributed by atoms with E-state index in [1.807, 2.05) is 6.07 Å². The van der Waals surface area contributed by atoms with Crippen molar-refractivity contribution in [3.8, 4) is 0 Å². The van der Waals surface area contributed by atoms with Gasteiger partial charge >= 0.3 is 12.0 Å². The van der Waals surface area contributed by atoms with E-state index in [1.165, 1.54) is 25.2 Å². The number of hydrogen-bond donors (Lipinski definition) is 3. The molecule has 1 aromatic rings. The van der Waals surface area contributed by atoms with Crippen LogP contribution in [0.15, 0.2) is 23.3 Å². The van der Waals surface area contributed by atoms with Gasteiger partial charge in [0.25, 0.3) is 5.91 Å². The van der Waals surface area contributed by atoms with Gasteiger partial charge in [0.2, 0.25) is 0 Å². The number of carbonyl (C=O) groups is 3. The summed E-state index contributed by atoms with van der Waals surface area (Å²) in [4.78, 5) is 34.9. The fraction of sp³-hybridized carbons (Fsp3) is 0.308. The first kappa shape index (κ1) is 17.2. The maximum absolute atomic E-state index is 11.6. The summed E-state index contributed by atoms with van der Waals surface area (Å²) in [6.45, 7) is 2.99. The van der Waals surface area contributed by atoms with Gasteiger partial charge in [-0.05, 0) is 32.4 Å². The van der Waals surface area contributed by atoms with E-state index in [0.717, 1.165) is 4.88 Å². The van der Waals surface area contributed by atoms with Crippen LogP contribution >= 0.6 is 22.9 Å². The molecule has 0 aromatic carbocycles. The lowest BCUT2D eigenvalue weighted by Crippen LogP contribution is -2.40. The minimum atomic E-state index is -1.20. The highest BCUT2D eigenvalue weighted by molar-refractivity contribution is 7.16. The van der Waals surface area contributed by atoms with Gasteiger partial charge in [-0.15, -0.1) is 11.3 Å². The first-order valence-corrected chi connectivity index (χ1v) is 7.25. The van der Waals surface area contributed by atoms with Crippen LogP contribution in [0.25, 0.3) is 0 Å². The molecule has 1 aromatic heterocycles. The van der Waals surface area contributed by atoms with Crippen molar-refractivity contribution in [3.63, 3.8) is 0 Å². The van der Waals surface area contributed by atoms with Crippen molar-refractivity contribution in [1.82, 2.24) is 10.6 Å². The smallest absolute Gasteiger partial charge is 0.331 e. The van der Waals surface area contributed by atoms with E-state index in [2.05, 4.69) is 10.6 Å². The molecular formula is C13H15ClN2O4S. The molecule has 0 aliphatic heterocycles. The average molecular weight is 331 g/mol. The van der Waals surface area contributed by atoms with E-state index in [1.54, 1.807) is 6.07 Å². The molecule has 114 valence electrons. The van der Waals surface area contributed by atoms with Gasteiger partial charge in [-0.1, -0.05) is 11.6 Å². The van der Waals surface area contributed by atoms with E-state index >= 15 is 0 Å². The zero-order chi connectivity index (χ0) is 16.0. The Morgan fingerprint density at radius 1 is 1.24 bits per heavy atom. The van der Waals surface area contributed by atoms with Crippen molar-refractivity contribution in [2.24, 2.45) is 0 Å². The van der Waals surface area contributed by atoms with E-state index in [-0.39, 0.29) is 11.1 Å². The number of rotatable bonds is 5. The first-order valence-electron chi connectivity index (χ1n) is 6.05. The van der Waals surface area contributed by atoms with Gasteiger partial charge in [0.15, 0.2) is 0 Å². The molecule has 0 aliphatic rings. The molecule has 0 atom stereocenters. The Morgan fingerprint density at radius 3 is 2.43 bits per heavy atom. The lowest BCUT2D eigenvalue weighted by molar-refractivity contribution is -0.133. The number of aliphatic carboxylic acids is 1. The molecule has 8 heteroatoms. The van der Waals surface area contributed by atoms with Crippen LogP contribution in [0.5, 0.6) is 0 Å². The van der Waals surface area contributed by atoms with Gasteiger partial charge in [-0.25, -0.2) is 9.59 Å². The van der Waals surface area contributed by atoms with Gasteiger partial charge in [-0.2, -0.15) is 0 Å². The Bertz CT molecular complexity index is 595. The summed E-state index contributed by atoms with van der Waals surface area (Å²) in [5, 5.41) is 13.3. The summed E-state index contributed by atoms with van der Waals surface area (Å²) >= 11 is 7.20. The quantitative estimate of drug-likeness (QED) is 0.721. The van der Waals surface area contributed by atoms with Gasteiger partial charge in [0.05, 0.1) is 4.34 Å². The number of halogens is 1. The molecule has 0 saturated carbocycles. The minimum Gasteiger partial charge on any atom is -0.478 e. The second kappa shape index (κ2) is 7.80. The summed E-state index contributed by atoms with van der Waals surface area (Å²) in [5.74, 6) is -1.93. The Kier molecular flexibility index (Phi) is 6.39. The second-order valence-electron chi connectivity index (χ2n) is 4.22. The molecule has 0 bridgehead atoms. The highest BCUT2D eigenvalue weighted by Crippen LogP contribution is 2.21. The molecule has 0 aliphatic carbocycles. The number of thiophene rings is 1. The van der Waals surface area contributed by atoms with Crippen LogP contribution in [-0.2, 0) is 16.0 Å². The standard InChI is InChI=1S/C13H15ClN2O4S/c1-7(8(2)12(18)19)11(17)16-13(20)15-6-5-9-3-4-10(14)21-9/h3-4H,5-6H2,1-2H3,(H,18,19)(H2,15,16,17,20)/b8-7+. The fourth-order valence-corrected chi connectivity index (χ4v) is 2.44. The van der Waals surface area contributed by atoms with E-state index in [4.69, 9.17) is 16.7 Å². The molecule has 1 heterocycles. The molecule has 3 amide bonds. The van der Waals surface area contributed by atoms with Crippen molar-refractivity contribution >= 4 is 40.8 Å². The van der Waals surface area contributed by atoms with Crippen molar-refractivity contribution in [2.45, 2.75) is 20.3 Å². The summed E-state index contributed by atoms with van der Waals surface area (Å²) in [6.07, 6.45) is 0.599. The van der Waals surface area contributed by atoms with Gasteiger partial charge in [-0.3, -0.25) is 10.1 Å². The highest BCUT2D eigenvalue weighted by atomic mass is 35.5. The Hall–Kier alpha value is -1.86. The van der Waals surface area contributed by atoms with E-state index in [9.17, 15) is 14.4 Å². The number of carbonyl (C=O) groups excluding carboxylic acids is 2. The third-order valence-corrected chi connectivity index (χ3v) is 4.03. The molecule has 1 rings (SSSR count). The lowest BCUT2D eigenvalue weighted by atomic mass is 10.1. The number of urea groups is 1. The SMILES string of the molecule is C/C(C(=O)O)=C(/C)C(=O)NC(=O)NCCc1ccc(Cl)s1. The van der Waals surface area contributed by atoms with E-state index in [0.29, 0.717) is 17.3 Å². The Labute approximate surface area is 130 Å². The molecule has 0 saturated heterocycles. The third-order valence-electron chi connectivity index (χ3n) is 2.74. The number of nitrogens with one attached hydrogen (secondary N) is 2. The summed E-state index contributed by atoms with van der Waals surface area (Å²) in [5.41, 5.74) is -0.115. The number of amides is 3. The molecule has 0 unspecified atom stereocenters. The van der Waals surface area contributed by atoms with Crippen molar-refractivity contribution in [2.75, 3.05) is 6.54 Å². The van der Waals surface area contributed by atoms with Gasteiger partial charge in [0, 0.05) is 22.6 Å². The summed E-state index contributed by atoms with van der Waals surface area (Å²) in [7, 11) is 0. The Morgan fingerprint density at radius 2 is 1.90 bits per heavy atom. The van der Waals surface area contributed by atoms with Gasteiger partial charge < -0.3 is 10.4 Å². The van der Waals surface area contributed by atoms with Crippen LogP contribution in [0.4, 0.5) is 4.79 Å².